The van der Waals surface area contributed by atoms with Crippen LogP contribution in [0.15, 0.2) is 6.07 Å². The van der Waals surface area contributed by atoms with Crippen molar-refractivity contribution in [2.45, 2.75) is 32.7 Å². The predicted molar refractivity (Wildman–Crippen MR) is 55.5 cm³/mol. The Labute approximate surface area is 91.9 Å². The highest BCUT2D eigenvalue weighted by atomic mass is 35.5. The van der Waals surface area contributed by atoms with Crippen molar-refractivity contribution in [3.8, 4) is 0 Å². The van der Waals surface area contributed by atoms with Gasteiger partial charge in [0.25, 0.3) is 0 Å². The van der Waals surface area contributed by atoms with Crippen LogP contribution < -0.4 is 5.32 Å². The number of hydrogen-bond acceptors (Lipinski definition) is 3. The second-order valence-corrected chi connectivity index (χ2v) is 3.68. The number of halogens is 3. The van der Waals surface area contributed by atoms with Crippen molar-refractivity contribution < 1.29 is 8.78 Å². The monoisotopic (exact) mass is 235 g/mol. The molecule has 1 N–H and O–H groups in total. The zero-order valence-electron chi connectivity index (χ0n) is 8.47. The average molecular weight is 236 g/mol. The minimum absolute atomic E-state index is 0.222. The number of aryl methyl sites for hydroxylation is 1. The van der Waals surface area contributed by atoms with E-state index in [1.54, 1.807) is 13.8 Å². The average Bonchev–Trinajstić information content (AvgIpc) is 1.98. The van der Waals surface area contributed by atoms with Crippen LogP contribution >= 0.6 is 11.6 Å². The van der Waals surface area contributed by atoms with Crippen LogP contribution in [0, 0.1) is 6.92 Å². The smallest absolute Gasteiger partial charge is 0.240 e. The molecule has 1 atom stereocenters. The van der Waals surface area contributed by atoms with Crippen molar-refractivity contribution >= 4 is 17.4 Å². The van der Waals surface area contributed by atoms with Crippen molar-refractivity contribution in [2.75, 3.05) is 5.32 Å². The second kappa shape index (κ2) is 5.21. The normalized spacial score (nSPS) is 12.9. The van der Waals surface area contributed by atoms with Gasteiger partial charge in [0, 0.05) is 18.5 Å². The Morgan fingerprint density at radius 3 is 2.67 bits per heavy atom. The lowest BCUT2D eigenvalue weighted by molar-refractivity contribution is 0.133. The fourth-order valence-corrected chi connectivity index (χ4v) is 1.41. The summed E-state index contributed by atoms with van der Waals surface area (Å²) in [5.41, 5.74) is 0. The number of aromatic nitrogens is 2. The van der Waals surface area contributed by atoms with Gasteiger partial charge in [0.2, 0.25) is 6.43 Å². The van der Waals surface area contributed by atoms with Gasteiger partial charge < -0.3 is 5.32 Å². The predicted octanol–water partition coefficient (Wildman–Crippen LogP) is 2.89. The third kappa shape index (κ3) is 4.38. The van der Waals surface area contributed by atoms with Crippen molar-refractivity contribution in [2.24, 2.45) is 0 Å². The minimum Gasteiger partial charge on any atom is -0.367 e. The molecule has 6 heteroatoms. The van der Waals surface area contributed by atoms with E-state index in [1.807, 2.05) is 0 Å². The highest BCUT2D eigenvalue weighted by Crippen LogP contribution is 2.14. The van der Waals surface area contributed by atoms with Crippen LogP contribution in [0.2, 0.25) is 5.15 Å². The fraction of sp³-hybridized carbons (Fsp3) is 0.556. The Morgan fingerprint density at radius 2 is 2.13 bits per heavy atom. The SMILES string of the molecule is Cc1nc(Cl)cc(NC(C)CC(F)F)n1. The van der Waals surface area contributed by atoms with Crippen LogP contribution in [0.3, 0.4) is 0 Å². The van der Waals surface area contributed by atoms with Gasteiger partial charge in [-0.25, -0.2) is 18.7 Å². The van der Waals surface area contributed by atoms with E-state index in [-0.39, 0.29) is 12.5 Å². The van der Waals surface area contributed by atoms with Gasteiger partial charge in [-0.2, -0.15) is 0 Å². The first-order valence-corrected chi connectivity index (χ1v) is 4.91. The van der Waals surface area contributed by atoms with E-state index < -0.39 is 6.43 Å². The zero-order chi connectivity index (χ0) is 11.4. The van der Waals surface area contributed by atoms with Gasteiger partial charge in [-0.05, 0) is 13.8 Å². The largest absolute Gasteiger partial charge is 0.367 e. The van der Waals surface area contributed by atoms with Crippen molar-refractivity contribution in [3.05, 3.63) is 17.0 Å². The summed E-state index contributed by atoms with van der Waals surface area (Å²) in [6.07, 6.45) is -2.55. The number of nitrogens with zero attached hydrogens (tertiary/aromatic N) is 2. The Kier molecular flexibility index (Phi) is 4.20. The molecule has 1 aromatic heterocycles. The molecular formula is C9H12ClF2N3. The molecule has 1 unspecified atom stereocenters. The summed E-state index contributed by atoms with van der Waals surface area (Å²) in [6, 6.07) is 1.16. The molecule has 0 aromatic carbocycles. The number of alkyl halides is 2. The first kappa shape index (κ1) is 12.1. The van der Waals surface area contributed by atoms with Crippen LogP contribution in [0.5, 0.6) is 0 Å². The molecule has 0 saturated carbocycles. The first-order chi connectivity index (χ1) is 6.97. The van der Waals surface area contributed by atoms with E-state index in [0.29, 0.717) is 16.8 Å². The molecule has 1 aromatic rings. The molecule has 0 radical (unpaired) electrons. The van der Waals surface area contributed by atoms with Crippen LogP contribution in [-0.2, 0) is 0 Å². The zero-order valence-corrected chi connectivity index (χ0v) is 9.22. The summed E-state index contributed by atoms with van der Waals surface area (Å²) in [7, 11) is 0. The van der Waals surface area contributed by atoms with Gasteiger partial charge in [-0.1, -0.05) is 11.6 Å². The summed E-state index contributed by atoms with van der Waals surface area (Å²) in [5, 5.41) is 3.14. The Morgan fingerprint density at radius 1 is 1.47 bits per heavy atom. The quantitative estimate of drug-likeness (QED) is 0.816. The van der Waals surface area contributed by atoms with Crippen LogP contribution in [0.25, 0.3) is 0 Å². The molecule has 0 amide bonds. The summed E-state index contributed by atoms with van der Waals surface area (Å²) in [6.45, 7) is 3.35. The molecule has 84 valence electrons. The lowest BCUT2D eigenvalue weighted by Gasteiger charge is -2.14. The second-order valence-electron chi connectivity index (χ2n) is 3.30. The van der Waals surface area contributed by atoms with E-state index in [4.69, 9.17) is 11.6 Å². The van der Waals surface area contributed by atoms with E-state index in [2.05, 4.69) is 15.3 Å². The molecule has 0 aliphatic heterocycles. The van der Waals surface area contributed by atoms with Gasteiger partial charge in [0.05, 0.1) is 0 Å². The van der Waals surface area contributed by atoms with Gasteiger partial charge in [-0.3, -0.25) is 0 Å². The van der Waals surface area contributed by atoms with Crippen molar-refractivity contribution in [1.29, 1.82) is 0 Å². The first-order valence-electron chi connectivity index (χ1n) is 4.53. The third-order valence-corrected chi connectivity index (χ3v) is 1.93. The Hall–Kier alpha value is -0.970. The van der Waals surface area contributed by atoms with Gasteiger partial charge in [-0.15, -0.1) is 0 Å². The summed E-state index contributed by atoms with van der Waals surface area (Å²) in [5.74, 6) is 0.981. The molecule has 0 spiro atoms. The molecule has 0 fully saturated rings. The summed E-state index contributed by atoms with van der Waals surface area (Å²) in [4.78, 5) is 7.90. The maximum absolute atomic E-state index is 12.0. The molecule has 1 rings (SSSR count). The molecule has 15 heavy (non-hydrogen) atoms. The molecule has 0 saturated heterocycles. The maximum atomic E-state index is 12.0. The number of nitrogens with one attached hydrogen (secondary N) is 1. The van der Waals surface area contributed by atoms with Crippen molar-refractivity contribution in [3.63, 3.8) is 0 Å². The topological polar surface area (TPSA) is 37.8 Å². The van der Waals surface area contributed by atoms with Crippen LogP contribution in [0.1, 0.15) is 19.2 Å². The standard InChI is InChI=1S/C9H12ClF2N3/c1-5(3-8(11)12)13-9-4-7(10)14-6(2)15-9/h4-5,8H,3H2,1-2H3,(H,13,14,15). The van der Waals surface area contributed by atoms with E-state index in [9.17, 15) is 8.78 Å². The number of anilines is 1. The number of hydrogen-bond donors (Lipinski definition) is 1. The van der Waals surface area contributed by atoms with Gasteiger partial charge in [0.15, 0.2) is 0 Å². The van der Waals surface area contributed by atoms with Crippen LogP contribution in [-0.4, -0.2) is 22.4 Å². The maximum Gasteiger partial charge on any atom is 0.240 e. The lowest BCUT2D eigenvalue weighted by atomic mass is 10.2. The van der Waals surface area contributed by atoms with Crippen LogP contribution in [0.4, 0.5) is 14.6 Å². The summed E-state index contributed by atoms with van der Waals surface area (Å²) < 4.78 is 24.1. The minimum atomic E-state index is -2.33. The Balaban J connectivity index is 2.63. The van der Waals surface area contributed by atoms with E-state index in [1.165, 1.54) is 6.07 Å². The van der Waals surface area contributed by atoms with E-state index in [0.717, 1.165) is 0 Å². The molecular weight excluding hydrogens is 224 g/mol. The highest BCUT2D eigenvalue weighted by molar-refractivity contribution is 6.29. The molecule has 0 aliphatic carbocycles. The fourth-order valence-electron chi connectivity index (χ4n) is 1.18. The molecule has 0 aliphatic rings. The summed E-state index contributed by atoms with van der Waals surface area (Å²) >= 11 is 5.70. The van der Waals surface area contributed by atoms with E-state index >= 15 is 0 Å². The van der Waals surface area contributed by atoms with Gasteiger partial charge >= 0.3 is 0 Å². The molecule has 3 nitrogen and oxygen atoms in total. The molecule has 0 bridgehead atoms. The molecule has 1 heterocycles. The number of rotatable bonds is 4. The third-order valence-electron chi connectivity index (χ3n) is 1.73. The Bertz CT molecular complexity index is 313. The highest BCUT2D eigenvalue weighted by Gasteiger charge is 2.11. The van der Waals surface area contributed by atoms with Gasteiger partial charge in [0.1, 0.15) is 16.8 Å². The lowest BCUT2D eigenvalue weighted by Crippen LogP contribution is -2.19. The van der Waals surface area contributed by atoms with Crippen molar-refractivity contribution in [1.82, 2.24) is 9.97 Å².